The first-order valence-electron chi connectivity index (χ1n) is 5.28. The molecule has 98 valence electrons. The number of aromatic carboxylic acids is 1. The van der Waals surface area contributed by atoms with Crippen LogP contribution in [-0.2, 0) is 6.54 Å². The Labute approximate surface area is 113 Å². The van der Waals surface area contributed by atoms with Gasteiger partial charge >= 0.3 is 5.97 Å². The Hall–Kier alpha value is -2.34. The van der Waals surface area contributed by atoms with Gasteiger partial charge in [0.1, 0.15) is 11.5 Å². The van der Waals surface area contributed by atoms with Crippen LogP contribution in [0.1, 0.15) is 26.8 Å². The average Bonchev–Trinajstić information content (AvgIpc) is 2.86. The minimum absolute atomic E-state index is 0.0798. The van der Waals surface area contributed by atoms with Gasteiger partial charge < -0.3 is 14.8 Å². The number of hydrogen-bond donors (Lipinski definition) is 2. The number of rotatable bonds is 4. The molecule has 6 nitrogen and oxygen atoms in total. The second-order valence-electron chi connectivity index (χ2n) is 3.62. The maximum Gasteiger partial charge on any atom is 0.371 e. The van der Waals surface area contributed by atoms with E-state index in [9.17, 15) is 9.59 Å². The molecular formula is C12H9ClN2O4. The molecule has 0 fully saturated rings. The van der Waals surface area contributed by atoms with E-state index in [0.29, 0.717) is 10.8 Å². The molecule has 0 spiro atoms. The Balaban J connectivity index is 1.96. The highest BCUT2D eigenvalue weighted by Crippen LogP contribution is 2.09. The molecule has 2 N–H and O–H groups in total. The van der Waals surface area contributed by atoms with Crippen LogP contribution in [0.25, 0.3) is 0 Å². The molecule has 2 rings (SSSR count). The van der Waals surface area contributed by atoms with Crippen molar-refractivity contribution in [3.8, 4) is 0 Å². The van der Waals surface area contributed by atoms with Crippen molar-refractivity contribution >= 4 is 23.5 Å². The quantitative estimate of drug-likeness (QED) is 0.893. The Kier molecular flexibility index (Phi) is 3.82. The van der Waals surface area contributed by atoms with E-state index in [-0.39, 0.29) is 18.0 Å². The van der Waals surface area contributed by atoms with Crippen LogP contribution >= 0.6 is 11.6 Å². The third-order valence-electron chi connectivity index (χ3n) is 2.26. The summed E-state index contributed by atoms with van der Waals surface area (Å²) in [6.07, 6.45) is 1.37. The van der Waals surface area contributed by atoms with Gasteiger partial charge in [-0.05, 0) is 24.3 Å². The van der Waals surface area contributed by atoms with E-state index >= 15 is 0 Å². The number of halogens is 1. The maximum atomic E-state index is 11.7. The van der Waals surface area contributed by atoms with Gasteiger partial charge in [0.25, 0.3) is 5.91 Å². The van der Waals surface area contributed by atoms with Crippen molar-refractivity contribution in [3.63, 3.8) is 0 Å². The molecule has 0 saturated carbocycles. The second-order valence-corrected chi connectivity index (χ2v) is 4.05. The van der Waals surface area contributed by atoms with Crippen LogP contribution in [0.15, 0.2) is 34.9 Å². The number of carbonyl (C=O) groups excluding carboxylic acids is 1. The number of amides is 1. The standard InChI is InChI=1S/C12H9ClN2O4/c13-7-1-3-9(14-5-7)11(16)15-6-8-2-4-10(19-8)12(17)18/h1-5H,6H2,(H,15,16)(H,17,18). The zero-order chi connectivity index (χ0) is 13.8. The third kappa shape index (κ3) is 3.32. The Morgan fingerprint density at radius 1 is 1.32 bits per heavy atom. The van der Waals surface area contributed by atoms with Crippen molar-refractivity contribution in [2.75, 3.05) is 0 Å². The van der Waals surface area contributed by atoms with E-state index in [1.165, 1.54) is 24.4 Å². The highest BCUT2D eigenvalue weighted by atomic mass is 35.5. The van der Waals surface area contributed by atoms with Crippen molar-refractivity contribution in [3.05, 3.63) is 52.7 Å². The molecular weight excluding hydrogens is 272 g/mol. The largest absolute Gasteiger partial charge is 0.475 e. The number of carboxylic acid groups (broad SMARTS) is 1. The minimum atomic E-state index is -1.16. The zero-order valence-electron chi connectivity index (χ0n) is 9.59. The molecule has 2 aromatic rings. The fraction of sp³-hybridized carbons (Fsp3) is 0.0833. The van der Waals surface area contributed by atoms with E-state index in [2.05, 4.69) is 10.3 Å². The molecule has 2 heterocycles. The van der Waals surface area contributed by atoms with Crippen LogP contribution in [0.2, 0.25) is 5.02 Å². The van der Waals surface area contributed by atoms with Crippen LogP contribution in [0.4, 0.5) is 0 Å². The number of pyridine rings is 1. The summed E-state index contributed by atoms with van der Waals surface area (Å²) in [6.45, 7) is 0.0798. The molecule has 0 radical (unpaired) electrons. The maximum absolute atomic E-state index is 11.7. The lowest BCUT2D eigenvalue weighted by molar-refractivity contribution is 0.0660. The first-order chi connectivity index (χ1) is 9.06. The smallest absolute Gasteiger partial charge is 0.371 e. The molecule has 0 aliphatic carbocycles. The summed E-state index contributed by atoms with van der Waals surface area (Å²) in [5, 5.41) is 11.7. The highest BCUT2D eigenvalue weighted by Gasteiger charge is 2.11. The van der Waals surface area contributed by atoms with Crippen LogP contribution in [-0.4, -0.2) is 22.0 Å². The van der Waals surface area contributed by atoms with Gasteiger partial charge in [-0.15, -0.1) is 0 Å². The van der Waals surface area contributed by atoms with Crippen molar-refractivity contribution in [1.29, 1.82) is 0 Å². The summed E-state index contributed by atoms with van der Waals surface area (Å²) in [4.78, 5) is 26.2. The van der Waals surface area contributed by atoms with Gasteiger partial charge in [-0.3, -0.25) is 4.79 Å². The number of carboxylic acids is 1. The Morgan fingerprint density at radius 3 is 2.68 bits per heavy atom. The topological polar surface area (TPSA) is 92.4 Å². The molecule has 7 heteroatoms. The predicted molar refractivity (Wildman–Crippen MR) is 66.1 cm³/mol. The van der Waals surface area contributed by atoms with Crippen LogP contribution in [0.5, 0.6) is 0 Å². The summed E-state index contributed by atoms with van der Waals surface area (Å²) >= 11 is 5.66. The number of nitrogens with zero attached hydrogens (tertiary/aromatic N) is 1. The van der Waals surface area contributed by atoms with Gasteiger partial charge in [0.2, 0.25) is 5.76 Å². The molecule has 19 heavy (non-hydrogen) atoms. The van der Waals surface area contributed by atoms with Crippen LogP contribution in [0.3, 0.4) is 0 Å². The van der Waals surface area contributed by atoms with E-state index in [1.807, 2.05) is 0 Å². The average molecular weight is 281 g/mol. The van der Waals surface area contributed by atoms with Gasteiger partial charge in [-0.1, -0.05) is 11.6 Å². The lowest BCUT2D eigenvalue weighted by atomic mass is 10.3. The summed E-state index contributed by atoms with van der Waals surface area (Å²) in [5.41, 5.74) is 0.217. The lowest BCUT2D eigenvalue weighted by Crippen LogP contribution is -2.23. The summed E-state index contributed by atoms with van der Waals surface area (Å²) < 4.78 is 4.99. The summed E-state index contributed by atoms with van der Waals surface area (Å²) in [7, 11) is 0. The first kappa shape index (κ1) is 13.1. The monoisotopic (exact) mass is 280 g/mol. The fourth-order valence-electron chi connectivity index (χ4n) is 1.36. The zero-order valence-corrected chi connectivity index (χ0v) is 10.3. The number of furan rings is 1. The van der Waals surface area contributed by atoms with Gasteiger partial charge in [-0.25, -0.2) is 9.78 Å². The van der Waals surface area contributed by atoms with Gasteiger partial charge in [0.05, 0.1) is 11.6 Å². The van der Waals surface area contributed by atoms with Crippen molar-refractivity contribution in [1.82, 2.24) is 10.3 Å². The molecule has 0 unspecified atom stereocenters. The molecule has 0 aromatic carbocycles. The molecule has 0 aliphatic rings. The number of aromatic nitrogens is 1. The summed E-state index contributed by atoms with van der Waals surface area (Å²) in [6, 6.07) is 5.85. The molecule has 0 aliphatic heterocycles. The Bertz CT molecular complexity index is 606. The van der Waals surface area contributed by atoms with E-state index in [0.717, 1.165) is 0 Å². The van der Waals surface area contributed by atoms with Gasteiger partial charge in [-0.2, -0.15) is 0 Å². The predicted octanol–water partition coefficient (Wildman–Crippen LogP) is 1.96. The molecule has 2 aromatic heterocycles. The minimum Gasteiger partial charge on any atom is -0.475 e. The molecule has 0 atom stereocenters. The van der Waals surface area contributed by atoms with Gasteiger partial charge in [0.15, 0.2) is 0 Å². The number of hydrogen-bond acceptors (Lipinski definition) is 4. The van der Waals surface area contributed by atoms with Crippen LogP contribution < -0.4 is 5.32 Å². The number of nitrogens with one attached hydrogen (secondary N) is 1. The summed E-state index contributed by atoms with van der Waals surface area (Å²) in [5.74, 6) is -1.38. The third-order valence-corrected chi connectivity index (χ3v) is 2.48. The lowest BCUT2D eigenvalue weighted by Gasteiger charge is -2.02. The molecule has 0 bridgehead atoms. The molecule has 1 amide bonds. The van der Waals surface area contributed by atoms with E-state index in [1.54, 1.807) is 6.07 Å². The van der Waals surface area contributed by atoms with Crippen molar-refractivity contribution < 1.29 is 19.1 Å². The van der Waals surface area contributed by atoms with Crippen LogP contribution in [0, 0.1) is 0 Å². The fourth-order valence-corrected chi connectivity index (χ4v) is 1.47. The highest BCUT2D eigenvalue weighted by molar-refractivity contribution is 6.30. The van der Waals surface area contributed by atoms with Gasteiger partial charge in [0, 0.05) is 6.20 Å². The normalized spacial score (nSPS) is 10.2. The number of carbonyl (C=O) groups is 2. The van der Waals surface area contributed by atoms with Crippen molar-refractivity contribution in [2.24, 2.45) is 0 Å². The van der Waals surface area contributed by atoms with Crippen molar-refractivity contribution in [2.45, 2.75) is 6.54 Å². The van der Waals surface area contributed by atoms with E-state index < -0.39 is 11.9 Å². The first-order valence-corrected chi connectivity index (χ1v) is 5.66. The second kappa shape index (κ2) is 5.53. The molecule has 0 saturated heterocycles. The van der Waals surface area contributed by atoms with E-state index in [4.69, 9.17) is 21.1 Å². The Morgan fingerprint density at radius 2 is 2.11 bits per heavy atom. The SMILES string of the molecule is O=C(NCc1ccc(C(=O)O)o1)c1ccc(Cl)cn1.